The van der Waals surface area contributed by atoms with Gasteiger partial charge in [0.25, 0.3) is 0 Å². The molecule has 0 aromatic rings. The molecule has 2 nitrogen and oxygen atoms in total. The van der Waals surface area contributed by atoms with E-state index in [4.69, 9.17) is 0 Å². The Labute approximate surface area is 94.2 Å². The molecule has 2 rings (SSSR count). The quantitative estimate of drug-likeness (QED) is 0.744. The standard InChI is InChI=1S/C13H26N2/c1-10-5-6-13(11(10)2)15-9-12-4-3-7-14-8-12/h10-15H,3-9H2,1-2H3. The second kappa shape index (κ2) is 5.31. The first-order chi connectivity index (χ1) is 7.27. The number of hydrogen-bond acceptors (Lipinski definition) is 2. The Balaban J connectivity index is 1.68. The molecule has 88 valence electrons. The molecule has 4 unspecified atom stereocenters. The van der Waals surface area contributed by atoms with Crippen LogP contribution in [0.4, 0.5) is 0 Å². The molecule has 2 heteroatoms. The van der Waals surface area contributed by atoms with Crippen LogP contribution in [-0.4, -0.2) is 25.7 Å². The minimum atomic E-state index is 0.793. The van der Waals surface area contributed by atoms with Crippen molar-refractivity contribution in [3.8, 4) is 0 Å². The Morgan fingerprint density at radius 2 is 2.07 bits per heavy atom. The molecule has 0 bridgehead atoms. The van der Waals surface area contributed by atoms with E-state index in [1.54, 1.807) is 0 Å². The molecule has 2 fully saturated rings. The fourth-order valence-electron chi connectivity index (χ4n) is 3.07. The molecule has 1 aliphatic heterocycles. The molecule has 4 atom stereocenters. The summed E-state index contributed by atoms with van der Waals surface area (Å²) in [4.78, 5) is 0. The Morgan fingerprint density at radius 3 is 2.67 bits per heavy atom. The van der Waals surface area contributed by atoms with Gasteiger partial charge in [-0.05, 0) is 63.1 Å². The maximum absolute atomic E-state index is 3.79. The second-order valence-corrected chi connectivity index (χ2v) is 5.64. The Morgan fingerprint density at radius 1 is 1.20 bits per heavy atom. The van der Waals surface area contributed by atoms with Crippen LogP contribution in [0.25, 0.3) is 0 Å². The predicted molar refractivity (Wildman–Crippen MR) is 64.9 cm³/mol. The molecule has 15 heavy (non-hydrogen) atoms. The molecular formula is C13H26N2. The van der Waals surface area contributed by atoms with E-state index in [2.05, 4.69) is 24.5 Å². The highest BCUT2D eigenvalue weighted by Gasteiger charge is 2.29. The van der Waals surface area contributed by atoms with Crippen LogP contribution < -0.4 is 10.6 Å². The first kappa shape index (κ1) is 11.4. The van der Waals surface area contributed by atoms with Crippen LogP contribution in [0.1, 0.15) is 39.5 Å². The third kappa shape index (κ3) is 2.94. The van der Waals surface area contributed by atoms with Crippen molar-refractivity contribution in [3.05, 3.63) is 0 Å². The van der Waals surface area contributed by atoms with Crippen molar-refractivity contribution >= 4 is 0 Å². The maximum Gasteiger partial charge on any atom is 0.00954 e. The fourth-order valence-corrected chi connectivity index (χ4v) is 3.07. The Hall–Kier alpha value is -0.0800. The Bertz CT molecular complexity index is 187. The SMILES string of the molecule is CC1CCC(NCC2CCCNC2)C1C. The molecule has 0 aromatic heterocycles. The van der Waals surface area contributed by atoms with Gasteiger partial charge in [-0.3, -0.25) is 0 Å². The topological polar surface area (TPSA) is 24.1 Å². The van der Waals surface area contributed by atoms with Crippen LogP contribution in [-0.2, 0) is 0 Å². The molecule has 1 saturated heterocycles. The molecule has 1 saturated carbocycles. The number of piperidine rings is 1. The summed E-state index contributed by atoms with van der Waals surface area (Å²) in [6.07, 6.45) is 5.59. The zero-order chi connectivity index (χ0) is 10.7. The first-order valence-electron chi connectivity index (χ1n) is 6.71. The van der Waals surface area contributed by atoms with Gasteiger partial charge in [-0.2, -0.15) is 0 Å². The van der Waals surface area contributed by atoms with Crippen LogP contribution in [0.5, 0.6) is 0 Å². The monoisotopic (exact) mass is 210 g/mol. The Kier molecular flexibility index (Phi) is 4.04. The highest BCUT2D eigenvalue weighted by atomic mass is 15.0. The molecule has 0 spiro atoms. The summed E-state index contributed by atoms with van der Waals surface area (Å²) in [5, 5.41) is 7.28. The maximum atomic E-state index is 3.79. The van der Waals surface area contributed by atoms with Crippen LogP contribution in [0.3, 0.4) is 0 Å². The van der Waals surface area contributed by atoms with Crippen molar-refractivity contribution < 1.29 is 0 Å². The van der Waals surface area contributed by atoms with Gasteiger partial charge in [-0.25, -0.2) is 0 Å². The summed E-state index contributed by atoms with van der Waals surface area (Å²) in [5.74, 6) is 2.68. The lowest BCUT2D eigenvalue weighted by Crippen LogP contribution is -2.41. The summed E-state index contributed by atoms with van der Waals surface area (Å²) < 4.78 is 0. The van der Waals surface area contributed by atoms with Crippen LogP contribution in [0, 0.1) is 17.8 Å². The summed E-state index contributed by atoms with van der Waals surface area (Å²) in [7, 11) is 0. The van der Waals surface area contributed by atoms with Gasteiger partial charge in [0.05, 0.1) is 0 Å². The molecule has 2 aliphatic rings. The summed E-state index contributed by atoms with van der Waals surface area (Å²) in [6, 6.07) is 0.793. The molecule has 1 aliphatic carbocycles. The minimum Gasteiger partial charge on any atom is -0.316 e. The van der Waals surface area contributed by atoms with Crippen molar-refractivity contribution in [1.29, 1.82) is 0 Å². The molecule has 0 aromatic carbocycles. The summed E-state index contributed by atoms with van der Waals surface area (Å²) >= 11 is 0. The first-order valence-corrected chi connectivity index (χ1v) is 6.71. The number of nitrogens with one attached hydrogen (secondary N) is 2. The van der Waals surface area contributed by atoms with Gasteiger partial charge in [0, 0.05) is 6.04 Å². The number of hydrogen-bond donors (Lipinski definition) is 2. The summed E-state index contributed by atoms with van der Waals surface area (Å²) in [5.41, 5.74) is 0. The lowest BCUT2D eigenvalue weighted by molar-refractivity contribution is 0.312. The van der Waals surface area contributed by atoms with Gasteiger partial charge in [-0.1, -0.05) is 13.8 Å². The van der Waals surface area contributed by atoms with Crippen molar-refractivity contribution in [2.45, 2.75) is 45.6 Å². The van der Waals surface area contributed by atoms with Crippen LogP contribution in [0.15, 0.2) is 0 Å². The third-order valence-electron chi connectivity index (χ3n) is 4.53. The minimum absolute atomic E-state index is 0.793. The third-order valence-corrected chi connectivity index (χ3v) is 4.53. The van der Waals surface area contributed by atoms with Crippen molar-refractivity contribution in [2.24, 2.45) is 17.8 Å². The average molecular weight is 210 g/mol. The molecule has 1 heterocycles. The average Bonchev–Trinajstić information content (AvgIpc) is 2.59. The van der Waals surface area contributed by atoms with Crippen molar-refractivity contribution in [2.75, 3.05) is 19.6 Å². The van der Waals surface area contributed by atoms with E-state index in [0.717, 1.165) is 23.8 Å². The van der Waals surface area contributed by atoms with E-state index < -0.39 is 0 Å². The van der Waals surface area contributed by atoms with E-state index in [9.17, 15) is 0 Å². The lowest BCUT2D eigenvalue weighted by Gasteiger charge is -2.26. The zero-order valence-electron chi connectivity index (χ0n) is 10.3. The highest BCUT2D eigenvalue weighted by Crippen LogP contribution is 2.31. The van der Waals surface area contributed by atoms with Crippen LogP contribution in [0.2, 0.25) is 0 Å². The van der Waals surface area contributed by atoms with E-state index in [1.807, 2.05) is 0 Å². The van der Waals surface area contributed by atoms with Gasteiger partial charge in [-0.15, -0.1) is 0 Å². The van der Waals surface area contributed by atoms with Crippen LogP contribution >= 0.6 is 0 Å². The van der Waals surface area contributed by atoms with Gasteiger partial charge < -0.3 is 10.6 Å². The number of rotatable bonds is 3. The molecular weight excluding hydrogens is 184 g/mol. The zero-order valence-corrected chi connectivity index (χ0v) is 10.3. The largest absolute Gasteiger partial charge is 0.316 e. The fraction of sp³-hybridized carbons (Fsp3) is 1.00. The van der Waals surface area contributed by atoms with E-state index in [-0.39, 0.29) is 0 Å². The van der Waals surface area contributed by atoms with Gasteiger partial charge >= 0.3 is 0 Å². The lowest BCUT2D eigenvalue weighted by atomic mass is 9.96. The van der Waals surface area contributed by atoms with Gasteiger partial charge in [0.2, 0.25) is 0 Å². The van der Waals surface area contributed by atoms with E-state index in [1.165, 1.54) is 45.3 Å². The second-order valence-electron chi connectivity index (χ2n) is 5.64. The molecule has 0 amide bonds. The highest BCUT2D eigenvalue weighted by molar-refractivity contribution is 4.85. The normalized spacial score (nSPS) is 42.0. The van der Waals surface area contributed by atoms with Gasteiger partial charge in [0.1, 0.15) is 0 Å². The van der Waals surface area contributed by atoms with Crippen molar-refractivity contribution in [3.63, 3.8) is 0 Å². The van der Waals surface area contributed by atoms with E-state index in [0.29, 0.717) is 0 Å². The van der Waals surface area contributed by atoms with Crippen molar-refractivity contribution in [1.82, 2.24) is 10.6 Å². The predicted octanol–water partition coefficient (Wildman–Crippen LogP) is 2.01. The summed E-state index contributed by atoms with van der Waals surface area (Å²) in [6.45, 7) is 8.49. The smallest absolute Gasteiger partial charge is 0.00954 e. The molecule has 0 radical (unpaired) electrons. The van der Waals surface area contributed by atoms with Gasteiger partial charge in [0.15, 0.2) is 0 Å². The molecule has 2 N–H and O–H groups in total. The van der Waals surface area contributed by atoms with E-state index >= 15 is 0 Å².